The van der Waals surface area contributed by atoms with Crippen molar-refractivity contribution in [2.45, 2.75) is 64.1 Å². The maximum atomic E-state index is 3.60. The fourth-order valence-electron chi connectivity index (χ4n) is 2.49. The van der Waals surface area contributed by atoms with Gasteiger partial charge in [0.1, 0.15) is 0 Å². The van der Waals surface area contributed by atoms with Crippen LogP contribution in [-0.2, 0) is 6.42 Å². The van der Waals surface area contributed by atoms with Crippen LogP contribution < -0.4 is 5.32 Å². The maximum absolute atomic E-state index is 3.60. The van der Waals surface area contributed by atoms with Crippen molar-refractivity contribution in [2.24, 2.45) is 0 Å². The van der Waals surface area contributed by atoms with Crippen molar-refractivity contribution in [3.63, 3.8) is 0 Å². The van der Waals surface area contributed by atoms with Gasteiger partial charge in [0, 0.05) is 23.0 Å². The second-order valence-electron chi connectivity index (χ2n) is 6.02. The highest BCUT2D eigenvalue weighted by molar-refractivity contribution is 7.09. The molecule has 1 aromatic heterocycles. The third-order valence-corrected chi connectivity index (χ3v) is 5.17. The van der Waals surface area contributed by atoms with Gasteiger partial charge in [-0.2, -0.15) is 0 Å². The zero-order chi connectivity index (χ0) is 13.7. The predicted molar refractivity (Wildman–Crippen MR) is 85.0 cm³/mol. The molecule has 0 aromatic carbocycles. The first-order chi connectivity index (χ1) is 9.16. The summed E-state index contributed by atoms with van der Waals surface area (Å²) in [5.74, 6) is 0. The maximum Gasteiger partial charge on any atom is 0.0115 e. The molecular formula is C16H28N2S. The van der Waals surface area contributed by atoms with Gasteiger partial charge < -0.3 is 10.2 Å². The van der Waals surface area contributed by atoms with Gasteiger partial charge in [-0.3, -0.25) is 0 Å². The molecule has 1 fully saturated rings. The number of rotatable bonds is 9. The van der Waals surface area contributed by atoms with Gasteiger partial charge in [-0.05, 0) is 71.0 Å². The molecule has 0 bridgehead atoms. The van der Waals surface area contributed by atoms with Crippen LogP contribution in [0.1, 0.15) is 44.4 Å². The molecular weight excluding hydrogens is 252 g/mol. The molecule has 1 aliphatic rings. The Morgan fingerprint density at radius 3 is 2.79 bits per heavy atom. The van der Waals surface area contributed by atoms with E-state index in [4.69, 9.17) is 0 Å². The summed E-state index contributed by atoms with van der Waals surface area (Å²) >= 11 is 1.88. The lowest BCUT2D eigenvalue weighted by Crippen LogP contribution is -2.38. The Balaban J connectivity index is 1.63. The van der Waals surface area contributed by atoms with Crippen LogP contribution in [0.4, 0.5) is 0 Å². The minimum atomic E-state index is 0.630. The van der Waals surface area contributed by atoms with Crippen molar-refractivity contribution in [1.29, 1.82) is 0 Å². The van der Waals surface area contributed by atoms with Crippen molar-refractivity contribution in [1.82, 2.24) is 10.2 Å². The van der Waals surface area contributed by atoms with E-state index in [-0.39, 0.29) is 0 Å². The fourth-order valence-corrected chi connectivity index (χ4v) is 3.32. The predicted octanol–water partition coefficient (Wildman–Crippen LogP) is 3.53. The molecule has 0 aliphatic heterocycles. The molecule has 1 N–H and O–H groups in total. The number of hydrogen-bond acceptors (Lipinski definition) is 3. The van der Waals surface area contributed by atoms with Crippen molar-refractivity contribution in [2.75, 3.05) is 13.6 Å². The van der Waals surface area contributed by atoms with Gasteiger partial charge in [-0.1, -0.05) is 6.07 Å². The summed E-state index contributed by atoms with van der Waals surface area (Å²) in [6, 6.07) is 6.56. The minimum Gasteiger partial charge on any atom is -0.314 e. The van der Waals surface area contributed by atoms with Gasteiger partial charge in [0.15, 0.2) is 0 Å². The first-order valence-corrected chi connectivity index (χ1v) is 8.52. The molecule has 2 rings (SSSR count). The molecule has 1 aromatic rings. The molecule has 2 atom stereocenters. The smallest absolute Gasteiger partial charge is 0.0115 e. The highest BCUT2D eigenvalue weighted by atomic mass is 32.1. The van der Waals surface area contributed by atoms with Crippen LogP contribution in [-0.4, -0.2) is 36.6 Å². The van der Waals surface area contributed by atoms with Crippen LogP contribution in [0.25, 0.3) is 0 Å². The van der Waals surface area contributed by atoms with Crippen LogP contribution in [0.5, 0.6) is 0 Å². The van der Waals surface area contributed by atoms with E-state index in [1.54, 1.807) is 0 Å². The average Bonchev–Trinajstić information content (AvgIpc) is 3.09. The Morgan fingerprint density at radius 2 is 2.16 bits per heavy atom. The second kappa shape index (κ2) is 7.41. The van der Waals surface area contributed by atoms with Crippen LogP contribution in [0.3, 0.4) is 0 Å². The van der Waals surface area contributed by atoms with E-state index in [2.05, 4.69) is 48.6 Å². The Kier molecular flexibility index (Phi) is 5.86. The molecule has 1 saturated carbocycles. The van der Waals surface area contributed by atoms with Crippen LogP contribution in [0.15, 0.2) is 17.5 Å². The highest BCUT2D eigenvalue weighted by Gasteiger charge is 2.20. The Bertz CT molecular complexity index is 346. The first-order valence-electron chi connectivity index (χ1n) is 7.64. The molecule has 0 spiro atoms. The van der Waals surface area contributed by atoms with E-state index < -0.39 is 0 Å². The van der Waals surface area contributed by atoms with E-state index in [1.807, 2.05) is 11.3 Å². The Labute approximate surface area is 122 Å². The van der Waals surface area contributed by atoms with Crippen molar-refractivity contribution < 1.29 is 0 Å². The molecule has 19 heavy (non-hydrogen) atoms. The Morgan fingerprint density at radius 1 is 1.37 bits per heavy atom. The summed E-state index contributed by atoms with van der Waals surface area (Å²) in [6.45, 7) is 5.91. The molecule has 0 saturated heterocycles. The zero-order valence-corrected chi connectivity index (χ0v) is 13.4. The lowest BCUT2D eigenvalue weighted by Gasteiger charge is -2.30. The summed E-state index contributed by atoms with van der Waals surface area (Å²) in [4.78, 5) is 4.04. The van der Waals surface area contributed by atoms with Crippen molar-refractivity contribution in [3.8, 4) is 0 Å². The average molecular weight is 280 g/mol. The molecule has 0 amide bonds. The van der Waals surface area contributed by atoms with Gasteiger partial charge in [0.2, 0.25) is 0 Å². The quantitative estimate of drug-likeness (QED) is 0.696. The molecule has 2 nitrogen and oxygen atoms in total. The standard InChI is InChI=1S/C16H28N2S/c1-13(6-4-10-17-15-8-9-15)18(3)14(2)12-16-7-5-11-19-16/h5,7,11,13-15,17H,4,6,8-10,12H2,1-3H3. The normalized spacial score (nSPS) is 18.7. The molecule has 108 valence electrons. The summed E-state index contributed by atoms with van der Waals surface area (Å²) in [7, 11) is 2.28. The van der Waals surface area contributed by atoms with Gasteiger partial charge >= 0.3 is 0 Å². The number of thiophene rings is 1. The third-order valence-electron chi connectivity index (χ3n) is 4.28. The monoisotopic (exact) mass is 280 g/mol. The molecule has 0 radical (unpaired) electrons. The van der Waals surface area contributed by atoms with Crippen LogP contribution in [0, 0.1) is 0 Å². The first kappa shape index (κ1) is 15.0. The molecule has 1 heterocycles. The zero-order valence-electron chi connectivity index (χ0n) is 12.6. The highest BCUT2D eigenvalue weighted by Crippen LogP contribution is 2.19. The van der Waals surface area contributed by atoms with E-state index >= 15 is 0 Å². The number of hydrogen-bond donors (Lipinski definition) is 1. The lowest BCUT2D eigenvalue weighted by atomic mass is 10.1. The van der Waals surface area contributed by atoms with Gasteiger partial charge in [-0.15, -0.1) is 11.3 Å². The lowest BCUT2D eigenvalue weighted by molar-refractivity contribution is 0.184. The van der Waals surface area contributed by atoms with Crippen LogP contribution >= 0.6 is 11.3 Å². The van der Waals surface area contributed by atoms with Crippen LogP contribution in [0.2, 0.25) is 0 Å². The van der Waals surface area contributed by atoms with E-state index in [1.165, 1.54) is 43.5 Å². The molecule has 2 unspecified atom stereocenters. The largest absolute Gasteiger partial charge is 0.314 e. The topological polar surface area (TPSA) is 15.3 Å². The number of nitrogens with zero attached hydrogens (tertiary/aromatic N) is 1. The summed E-state index contributed by atoms with van der Waals surface area (Å²) in [5, 5.41) is 5.78. The summed E-state index contributed by atoms with van der Waals surface area (Å²) in [5.41, 5.74) is 0. The van der Waals surface area contributed by atoms with Crippen molar-refractivity contribution >= 4 is 11.3 Å². The van der Waals surface area contributed by atoms with Gasteiger partial charge in [0.05, 0.1) is 0 Å². The third kappa shape index (κ3) is 5.25. The fraction of sp³-hybridized carbons (Fsp3) is 0.750. The summed E-state index contributed by atoms with van der Waals surface area (Å²) in [6.07, 6.45) is 6.57. The summed E-state index contributed by atoms with van der Waals surface area (Å²) < 4.78 is 0. The Hall–Kier alpha value is -0.380. The SMILES string of the molecule is CC(CCCNC1CC1)N(C)C(C)Cc1cccs1. The minimum absolute atomic E-state index is 0.630. The molecule has 1 aliphatic carbocycles. The molecule has 3 heteroatoms. The van der Waals surface area contributed by atoms with Gasteiger partial charge in [0.25, 0.3) is 0 Å². The number of nitrogens with one attached hydrogen (secondary N) is 1. The van der Waals surface area contributed by atoms with Gasteiger partial charge in [-0.25, -0.2) is 0 Å². The van der Waals surface area contributed by atoms with Crippen molar-refractivity contribution in [3.05, 3.63) is 22.4 Å². The van der Waals surface area contributed by atoms with E-state index in [0.717, 1.165) is 6.04 Å². The van der Waals surface area contributed by atoms with E-state index in [0.29, 0.717) is 12.1 Å². The number of likely N-dealkylation sites (N-methyl/N-ethyl adjacent to an activating group) is 1. The second-order valence-corrected chi connectivity index (χ2v) is 7.05. The van der Waals surface area contributed by atoms with E-state index in [9.17, 15) is 0 Å².